The molecule has 0 aliphatic carbocycles. The molecule has 1 saturated heterocycles. The Balaban J connectivity index is 1.63. The fourth-order valence-electron chi connectivity index (χ4n) is 3.75. The highest BCUT2D eigenvalue weighted by Gasteiger charge is 2.35. The summed E-state index contributed by atoms with van der Waals surface area (Å²) in [6.07, 6.45) is -4.58. The highest BCUT2D eigenvalue weighted by Crippen LogP contribution is 2.34. The SMILES string of the molecule is CC(C)c1ccc(S(=O)(=O)N2CCN([C@@H](C)C(=O)Nc3ccccc3C(F)(F)F)CC2)cc1. The van der Waals surface area contributed by atoms with E-state index in [1.807, 2.05) is 13.8 Å². The van der Waals surface area contributed by atoms with Crippen molar-refractivity contribution in [2.75, 3.05) is 31.5 Å². The zero-order chi connectivity index (χ0) is 24.4. The minimum absolute atomic E-state index is 0.186. The number of hydrogen-bond donors (Lipinski definition) is 1. The molecule has 1 aliphatic rings. The Morgan fingerprint density at radius 3 is 2.06 bits per heavy atom. The smallest absolute Gasteiger partial charge is 0.324 e. The summed E-state index contributed by atoms with van der Waals surface area (Å²) in [7, 11) is -3.66. The zero-order valence-electron chi connectivity index (χ0n) is 18.8. The van der Waals surface area contributed by atoms with Crippen LogP contribution in [0.25, 0.3) is 0 Å². The van der Waals surface area contributed by atoms with Gasteiger partial charge in [-0.1, -0.05) is 38.1 Å². The number of hydrogen-bond acceptors (Lipinski definition) is 4. The van der Waals surface area contributed by atoms with E-state index in [-0.39, 0.29) is 23.7 Å². The Morgan fingerprint density at radius 1 is 0.939 bits per heavy atom. The fourth-order valence-corrected chi connectivity index (χ4v) is 5.17. The fraction of sp³-hybridized carbons (Fsp3) is 0.435. The number of sulfonamides is 1. The second-order valence-electron chi connectivity index (χ2n) is 8.37. The maximum atomic E-state index is 13.2. The van der Waals surface area contributed by atoms with Crippen LogP contribution in [0.15, 0.2) is 53.4 Å². The van der Waals surface area contributed by atoms with Crippen LogP contribution >= 0.6 is 0 Å². The normalized spacial score (nSPS) is 17.2. The molecule has 0 radical (unpaired) electrons. The highest BCUT2D eigenvalue weighted by molar-refractivity contribution is 7.89. The van der Waals surface area contributed by atoms with E-state index in [4.69, 9.17) is 0 Å². The van der Waals surface area contributed by atoms with Crippen molar-refractivity contribution in [1.82, 2.24) is 9.21 Å². The van der Waals surface area contributed by atoms with Gasteiger partial charge in [-0.3, -0.25) is 9.69 Å². The van der Waals surface area contributed by atoms with Gasteiger partial charge in [0.2, 0.25) is 15.9 Å². The number of para-hydroxylation sites is 1. The van der Waals surface area contributed by atoms with Crippen molar-refractivity contribution in [3.05, 3.63) is 59.7 Å². The van der Waals surface area contributed by atoms with Gasteiger partial charge < -0.3 is 5.32 Å². The lowest BCUT2D eigenvalue weighted by Crippen LogP contribution is -2.53. The number of amides is 1. The van der Waals surface area contributed by atoms with Crippen molar-refractivity contribution >= 4 is 21.6 Å². The molecule has 1 atom stereocenters. The minimum atomic E-state index is -4.58. The number of nitrogens with zero attached hydrogens (tertiary/aromatic N) is 2. The monoisotopic (exact) mass is 483 g/mol. The van der Waals surface area contributed by atoms with Gasteiger partial charge in [0.15, 0.2) is 0 Å². The number of carbonyl (C=O) groups excluding carboxylic acids is 1. The average molecular weight is 484 g/mol. The van der Waals surface area contributed by atoms with Gasteiger partial charge >= 0.3 is 6.18 Å². The van der Waals surface area contributed by atoms with Gasteiger partial charge in [0, 0.05) is 26.2 Å². The van der Waals surface area contributed by atoms with Crippen LogP contribution in [0.3, 0.4) is 0 Å². The van der Waals surface area contributed by atoms with Crippen molar-refractivity contribution in [3.63, 3.8) is 0 Å². The molecule has 0 aromatic heterocycles. The number of rotatable bonds is 6. The number of anilines is 1. The molecule has 1 heterocycles. The van der Waals surface area contributed by atoms with E-state index in [0.717, 1.165) is 11.6 Å². The van der Waals surface area contributed by atoms with Crippen LogP contribution in [-0.4, -0.2) is 55.8 Å². The molecular formula is C23H28F3N3O3S. The molecule has 2 aromatic carbocycles. The van der Waals surface area contributed by atoms with Crippen LogP contribution in [0.2, 0.25) is 0 Å². The van der Waals surface area contributed by atoms with E-state index in [1.54, 1.807) is 36.1 Å². The topological polar surface area (TPSA) is 69.7 Å². The van der Waals surface area contributed by atoms with Gasteiger partial charge in [-0.05, 0) is 42.7 Å². The molecule has 10 heteroatoms. The molecule has 2 aromatic rings. The number of carbonyl (C=O) groups is 1. The van der Waals surface area contributed by atoms with Crippen molar-refractivity contribution < 1.29 is 26.4 Å². The molecule has 1 N–H and O–H groups in total. The highest BCUT2D eigenvalue weighted by atomic mass is 32.2. The van der Waals surface area contributed by atoms with Gasteiger partial charge in [-0.2, -0.15) is 17.5 Å². The summed E-state index contributed by atoms with van der Waals surface area (Å²) in [6.45, 7) is 6.61. The van der Waals surface area contributed by atoms with E-state index in [2.05, 4.69) is 5.32 Å². The van der Waals surface area contributed by atoms with Gasteiger partial charge in [0.25, 0.3) is 0 Å². The van der Waals surface area contributed by atoms with E-state index >= 15 is 0 Å². The molecule has 0 bridgehead atoms. The first kappa shape index (κ1) is 25.2. The molecule has 1 amide bonds. The van der Waals surface area contributed by atoms with E-state index in [9.17, 15) is 26.4 Å². The predicted octanol–water partition coefficient (Wildman–Crippen LogP) is 4.16. The van der Waals surface area contributed by atoms with Crippen LogP contribution in [0, 0.1) is 0 Å². The average Bonchev–Trinajstić information content (AvgIpc) is 2.78. The van der Waals surface area contributed by atoms with E-state index in [1.165, 1.54) is 22.5 Å². The van der Waals surface area contributed by atoms with Crippen molar-refractivity contribution in [3.8, 4) is 0 Å². The molecule has 0 spiro atoms. The Hall–Kier alpha value is -2.43. The van der Waals surface area contributed by atoms with Crippen molar-refractivity contribution in [2.45, 2.75) is 43.8 Å². The molecule has 33 heavy (non-hydrogen) atoms. The minimum Gasteiger partial charge on any atom is -0.324 e. The molecule has 1 fully saturated rings. The maximum Gasteiger partial charge on any atom is 0.418 e. The number of alkyl halides is 3. The van der Waals surface area contributed by atoms with E-state index < -0.39 is 33.7 Å². The Bertz CT molecular complexity index is 1080. The van der Waals surface area contributed by atoms with Crippen LogP contribution in [0.5, 0.6) is 0 Å². The third kappa shape index (κ3) is 5.74. The summed E-state index contributed by atoms with van der Waals surface area (Å²) in [5.74, 6) is -0.284. The first-order chi connectivity index (χ1) is 15.4. The summed E-state index contributed by atoms with van der Waals surface area (Å²) in [5.41, 5.74) is -0.163. The number of nitrogens with one attached hydrogen (secondary N) is 1. The van der Waals surface area contributed by atoms with Gasteiger partial charge in [0.1, 0.15) is 0 Å². The number of benzene rings is 2. The lowest BCUT2D eigenvalue weighted by Gasteiger charge is -2.36. The first-order valence-electron chi connectivity index (χ1n) is 10.7. The number of halogens is 3. The Morgan fingerprint density at radius 2 is 1.52 bits per heavy atom. The van der Waals surface area contributed by atoms with Crippen LogP contribution in [0.1, 0.15) is 37.8 Å². The number of piperazine rings is 1. The largest absolute Gasteiger partial charge is 0.418 e. The zero-order valence-corrected chi connectivity index (χ0v) is 19.6. The van der Waals surface area contributed by atoms with Crippen LogP contribution in [0.4, 0.5) is 18.9 Å². The molecular weight excluding hydrogens is 455 g/mol. The first-order valence-corrected chi connectivity index (χ1v) is 12.2. The van der Waals surface area contributed by atoms with Crippen LogP contribution < -0.4 is 5.32 Å². The summed E-state index contributed by atoms with van der Waals surface area (Å²) in [6, 6.07) is 10.9. The van der Waals surface area contributed by atoms with Gasteiger partial charge in [0.05, 0.1) is 22.2 Å². The summed E-state index contributed by atoms with van der Waals surface area (Å²) < 4.78 is 66.9. The van der Waals surface area contributed by atoms with Crippen molar-refractivity contribution in [2.24, 2.45) is 0 Å². The molecule has 0 saturated carbocycles. The lowest BCUT2D eigenvalue weighted by molar-refractivity contribution is -0.137. The second kappa shape index (κ2) is 9.82. The maximum absolute atomic E-state index is 13.2. The third-order valence-electron chi connectivity index (χ3n) is 5.88. The Kier molecular flexibility index (Phi) is 7.50. The molecule has 1 aliphatic heterocycles. The summed E-state index contributed by atoms with van der Waals surface area (Å²) in [4.78, 5) is 14.6. The summed E-state index contributed by atoms with van der Waals surface area (Å²) in [5, 5.41) is 2.36. The lowest BCUT2D eigenvalue weighted by atomic mass is 10.0. The van der Waals surface area contributed by atoms with Gasteiger partial charge in [-0.15, -0.1) is 0 Å². The van der Waals surface area contributed by atoms with E-state index in [0.29, 0.717) is 19.0 Å². The van der Waals surface area contributed by atoms with Crippen LogP contribution in [-0.2, 0) is 21.0 Å². The quantitative estimate of drug-likeness (QED) is 0.670. The molecule has 0 unspecified atom stereocenters. The summed E-state index contributed by atoms with van der Waals surface area (Å²) >= 11 is 0. The molecule has 6 nitrogen and oxygen atoms in total. The third-order valence-corrected chi connectivity index (χ3v) is 7.79. The molecule has 180 valence electrons. The Labute approximate surface area is 192 Å². The predicted molar refractivity (Wildman–Crippen MR) is 120 cm³/mol. The van der Waals surface area contributed by atoms with Gasteiger partial charge in [-0.25, -0.2) is 8.42 Å². The van der Waals surface area contributed by atoms with Crippen molar-refractivity contribution in [1.29, 1.82) is 0 Å². The molecule has 3 rings (SSSR count). The second-order valence-corrected chi connectivity index (χ2v) is 10.3. The standard InChI is InChI=1S/C23H28F3N3O3S/c1-16(2)18-8-10-19(11-9-18)33(31,32)29-14-12-28(13-15-29)17(3)22(30)27-21-7-5-4-6-20(21)23(24,25)26/h4-11,16-17H,12-15H2,1-3H3,(H,27,30)/t17-/m0/s1.